The second kappa shape index (κ2) is 4.73. The maximum atomic E-state index is 10.9. The monoisotopic (exact) mass is 140 g/mol. The Morgan fingerprint density at radius 1 is 1.80 bits per heavy atom. The summed E-state index contributed by atoms with van der Waals surface area (Å²) >= 11 is 0. The summed E-state index contributed by atoms with van der Waals surface area (Å²) < 4.78 is 0. The van der Waals surface area contributed by atoms with Crippen LogP contribution in [0, 0.1) is 0 Å². The highest BCUT2D eigenvalue weighted by molar-refractivity contribution is 5.90. The van der Waals surface area contributed by atoms with Crippen LogP contribution < -0.4 is 0 Å². The zero-order valence-electron chi connectivity index (χ0n) is 6.37. The molecular weight excluding hydrogens is 128 g/mol. The third kappa shape index (κ3) is 3.02. The molecule has 0 atom stereocenters. The van der Waals surface area contributed by atoms with Gasteiger partial charge in [0.15, 0.2) is 0 Å². The van der Waals surface area contributed by atoms with Gasteiger partial charge in [-0.3, -0.25) is 4.79 Å². The third-order valence-corrected chi connectivity index (χ3v) is 1.12. The molecule has 1 amide bonds. The normalized spacial score (nSPS) is 9.80. The third-order valence-electron chi connectivity index (χ3n) is 1.12. The molecule has 0 spiro atoms. The average molecular weight is 140 g/mol. The van der Waals surface area contributed by atoms with Crippen LogP contribution in [0.1, 0.15) is 6.42 Å². The minimum absolute atomic E-state index is 0.000556. The largest absolute Gasteiger partial charge is 0.322 e. The quantitative estimate of drug-likeness (QED) is 0.530. The van der Waals surface area contributed by atoms with Gasteiger partial charge >= 0.3 is 0 Å². The molecule has 0 radical (unpaired) electrons. The van der Waals surface area contributed by atoms with E-state index in [1.165, 1.54) is 11.1 Å². The molecular formula is C7H12N2O. The molecule has 0 rings (SSSR count). The van der Waals surface area contributed by atoms with Gasteiger partial charge in [-0.1, -0.05) is 6.58 Å². The van der Waals surface area contributed by atoms with Gasteiger partial charge < -0.3 is 9.89 Å². The van der Waals surface area contributed by atoms with Crippen molar-refractivity contribution in [2.24, 2.45) is 4.99 Å². The molecule has 0 aromatic heterocycles. The van der Waals surface area contributed by atoms with Crippen molar-refractivity contribution in [2.45, 2.75) is 6.42 Å². The van der Waals surface area contributed by atoms with Crippen molar-refractivity contribution in [1.29, 1.82) is 0 Å². The van der Waals surface area contributed by atoms with E-state index >= 15 is 0 Å². The molecule has 0 saturated carbocycles. The molecule has 0 aliphatic heterocycles. The SMILES string of the molecule is C=CN(C)C(=O)CC=NC. The summed E-state index contributed by atoms with van der Waals surface area (Å²) in [4.78, 5) is 16.0. The van der Waals surface area contributed by atoms with E-state index in [4.69, 9.17) is 0 Å². The molecule has 0 unspecified atom stereocenters. The van der Waals surface area contributed by atoms with Crippen LogP contribution in [0.5, 0.6) is 0 Å². The van der Waals surface area contributed by atoms with Crippen LogP contribution in [0.3, 0.4) is 0 Å². The van der Waals surface area contributed by atoms with E-state index in [1.54, 1.807) is 20.3 Å². The first-order valence-electron chi connectivity index (χ1n) is 3.01. The van der Waals surface area contributed by atoms with E-state index in [0.717, 1.165) is 0 Å². The van der Waals surface area contributed by atoms with E-state index in [-0.39, 0.29) is 5.91 Å². The summed E-state index contributed by atoms with van der Waals surface area (Å²) in [7, 11) is 3.31. The van der Waals surface area contributed by atoms with Gasteiger partial charge in [-0.25, -0.2) is 0 Å². The topological polar surface area (TPSA) is 32.7 Å². The number of amides is 1. The van der Waals surface area contributed by atoms with Crippen LogP contribution in [0.4, 0.5) is 0 Å². The van der Waals surface area contributed by atoms with E-state index < -0.39 is 0 Å². The second-order valence-corrected chi connectivity index (χ2v) is 1.83. The first kappa shape index (κ1) is 8.88. The molecule has 0 aliphatic rings. The fourth-order valence-electron chi connectivity index (χ4n) is 0.415. The molecule has 10 heavy (non-hydrogen) atoms. The fourth-order valence-corrected chi connectivity index (χ4v) is 0.415. The Bertz CT molecular complexity index is 152. The van der Waals surface area contributed by atoms with Crippen molar-refractivity contribution in [2.75, 3.05) is 14.1 Å². The Morgan fingerprint density at radius 2 is 2.40 bits per heavy atom. The van der Waals surface area contributed by atoms with Gasteiger partial charge in [0, 0.05) is 20.3 Å². The number of aliphatic imine (C=N–C) groups is 1. The summed E-state index contributed by atoms with van der Waals surface area (Å²) in [6.07, 6.45) is 3.40. The highest BCUT2D eigenvalue weighted by Gasteiger charge is 2.00. The summed E-state index contributed by atoms with van der Waals surface area (Å²) in [5, 5.41) is 0. The molecule has 3 heteroatoms. The lowest BCUT2D eigenvalue weighted by Gasteiger charge is -2.07. The van der Waals surface area contributed by atoms with Gasteiger partial charge in [-0.15, -0.1) is 0 Å². The smallest absolute Gasteiger partial charge is 0.231 e. The van der Waals surface area contributed by atoms with E-state index in [0.29, 0.717) is 6.42 Å². The van der Waals surface area contributed by atoms with Crippen molar-refractivity contribution in [1.82, 2.24) is 4.90 Å². The molecule has 0 saturated heterocycles. The highest BCUT2D eigenvalue weighted by atomic mass is 16.2. The van der Waals surface area contributed by atoms with E-state index in [1.807, 2.05) is 0 Å². The van der Waals surface area contributed by atoms with Gasteiger partial charge in [-0.2, -0.15) is 0 Å². The lowest BCUT2D eigenvalue weighted by molar-refractivity contribution is -0.126. The number of hydrogen-bond acceptors (Lipinski definition) is 2. The summed E-state index contributed by atoms with van der Waals surface area (Å²) in [5.74, 6) is 0.000556. The Labute approximate surface area is 61.1 Å². The zero-order valence-corrected chi connectivity index (χ0v) is 6.37. The maximum Gasteiger partial charge on any atom is 0.231 e. The summed E-state index contributed by atoms with van der Waals surface area (Å²) in [6.45, 7) is 3.45. The van der Waals surface area contributed by atoms with Crippen LogP contribution in [0.2, 0.25) is 0 Å². The average Bonchev–Trinajstić information content (AvgIpc) is 1.98. The number of nitrogens with zero attached hydrogens (tertiary/aromatic N) is 2. The molecule has 0 bridgehead atoms. The van der Waals surface area contributed by atoms with Crippen molar-refractivity contribution in [3.8, 4) is 0 Å². The lowest BCUT2D eigenvalue weighted by atomic mass is 10.4. The number of carbonyl (C=O) groups excluding carboxylic acids is 1. The molecule has 0 N–H and O–H groups in total. The molecule has 0 fully saturated rings. The van der Waals surface area contributed by atoms with Crippen molar-refractivity contribution >= 4 is 12.1 Å². The highest BCUT2D eigenvalue weighted by Crippen LogP contribution is 1.87. The molecule has 0 aliphatic carbocycles. The summed E-state index contributed by atoms with van der Waals surface area (Å²) in [6, 6.07) is 0. The van der Waals surface area contributed by atoms with Crippen LogP contribution in [-0.2, 0) is 4.79 Å². The van der Waals surface area contributed by atoms with E-state index in [9.17, 15) is 4.79 Å². The van der Waals surface area contributed by atoms with Crippen molar-refractivity contribution < 1.29 is 4.79 Å². The molecule has 0 aromatic carbocycles. The standard InChI is InChI=1S/C7H12N2O/c1-4-9(3)7(10)5-6-8-2/h4,6H,1,5H2,2-3H3. The van der Waals surface area contributed by atoms with Crippen LogP contribution in [-0.4, -0.2) is 31.1 Å². The summed E-state index contributed by atoms with van der Waals surface area (Å²) in [5.41, 5.74) is 0. The number of hydrogen-bond donors (Lipinski definition) is 0. The van der Waals surface area contributed by atoms with Gasteiger partial charge in [0.1, 0.15) is 0 Å². The van der Waals surface area contributed by atoms with Gasteiger partial charge in [0.2, 0.25) is 5.91 Å². The van der Waals surface area contributed by atoms with Gasteiger partial charge in [-0.05, 0) is 6.20 Å². The Morgan fingerprint density at radius 3 is 2.80 bits per heavy atom. The van der Waals surface area contributed by atoms with Crippen LogP contribution in [0.15, 0.2) is 17.8 Å². The number of rotatable bonds is 3. The van der Waals surface area contributed by atoms with Crippen molar-refractivity contribution in [3.63, 3.8) is 0 Å². The Kier molecular flexibility index (Phi) is 4.20. The molecule has 3 nitrogen and oxygen atoms in total. The molecule has 0 heterocycles. The predicted octanol–water partition coefficient (Wildman–Crippen LogP) is 0.679. The minimum Gasteiger partial charge on any atom is -0.322 e. The van der Waals surface area contributed by atoms with Gasteiger partial charge in [0.25, 0.3) is 0 Å². The Balaban J connectivity index is 3.72. The second-order valence-electron chi connectivity index (χ2n) is 1.83. The van der Waals surface area contributed by atoms with Crippen LogP contribution in [0.25, 0.3) is 0 Å². The van der Waals surface area contributed by atoms with Gasteiger partial charge in [0.05, 0.1) is 6.42 Å². The maximum absolute atomic E-state index is 10.9. The van der Waals surface area contributed by atoms with E-state index in [2.05, 4.69) is 11.6 Å². The minimum atomic E-state index is 0.000556. The first-order chi connectivity index (χ1) is 4.72. The van der Waals surface area contributed by atoms with Crippen molar-refractivity contribution in [3.05, 3.63) is 12.8 Å². The Hall–Kier alpha value is -1.12. The molecule has 0 aromatic rings. The molecule has 56 valence electrons. The lowest BCUT2D eigenvalue weighted by Crippen LogP contribution is -2.20. The number of carbonyl (C=O) groups is 1. The van der Waals surface area contributed by atoms with Crippen LogP contribution >= 0.6 is 0 Å². The fraction of sp³-hybridized carbons (Fsp3) is 0.429. The first-order valence-corrected chi connectivity index (χ1v) is 3.01. The zero-order chi connectivity index (χ0) is 7.98. The predicted molar refractivity (Wildman–Crippen MR) is 42.0 cm³/mol.